The van der Waals surface area contributed by atoms with E-state index in [0.717, 1.165) is 65.5 Å². The summed E-state index contributed by atoms with van der Waals surface area (Å²) in [4.78, 5) is 26.6. The van der Waals surface area contributed by atoms with Gasteiger partial charge in [0.1, 0.15) is 10.8 Å². The summed E-state index contributed by atoms with van der Waals surface area (Å²) in [5.41, 5.74) is 1.69. The molecule has 8 nitrogen and oxygen atoms in total. The lowest BCUT2D eigenvalue weighted by atomic mass is 9.79. The molecular formula is C27H34N4O4S. The molecule has 36 heavy (non-hydrogen) atoms. The third-order valence-corrected chi connectivity index (χ3v) is 7.95. The van der Waals surface area contributed by atoms with Gasteiger partial charge in [0.25, 0.3) is 0 Å². The number of aliphatic carboxylic acids is 1. The van der Waals surface area contributed by atoms with Gasteiger partial charge in [-0.2, -0.15) is 0 Å². The minimum atomic E-state index is -0.749. The zero-order chi connectivity index (χ0) is 25.3. The van der Waals surface area contributed by atoms with Gasteiger partial charge in [-0.3, -0.25) is 14.8 Å². The second kappa shape index (κ2) is 13.0. The minimum absolute atomic E-state index is 0.181. The Hall–Kier alpha value is -2.75. The van der Waals surface area contributed by atoms with Crippen LogP contribution in [0.5, 0.6) is 5.75 Å². The molecule has 1 aliphatic heterocycles. The number of ether oxygens (including phenoxy) is 1. The number of nitrogens with zero attached hydrogens (tertiary/aromatic N) is 4. The number of aliphatic hydroxyl groups is 1. The third-order valence-electron chi connectivity index (χ3n) is 7.05. The number of benzene rings is 1. The molecule has 0 spiro atoms. The lowest BCUT2D eigenvalue weighted by Gasteiger charge is -2.39. The lowest BCUT2D eigenvalue weighted by Crippen LogP contribution is -2.41. The van der Waals surface area contributed by atoms with Crippen molar-refractivity contribution in [3.8, 4) is 5.75 Å². The van der Waals surface area contributed by atoms with Crippen molar-refractivity contribution in [2.24, 2.45) is 11.8 Å². The molecule has 1 aliphatic rings. The highest BCUT2D eigenvalue weighted by molar-refractivity contribution is 7.99. The number of hydrogen-bond acceptors (Lipinski definition) is 8. The first-order chi connectivity index (χ1) is 17.5. The highest BCUT2D eigenvalue weighted by Crippen LogP contribution is 2.35. The van der Waals surface area contributed by atoms with E-state index in [-0.39, 0.29) is 6.42 Å². The number of pyridine rings is 1. The molecule has 0 radical (unpaired) electrons. The van der Waals surface area contributed by atoms with Crippen molar-refractivity contribution in [1.29, 1.82) is 0 Å². The quantitative estimate of drug-likeness (QED) is 0.342. The second-order valence-corrected chi connectivity index (χ2v) is 10.4. The normalized spacial score (nSPS) is 19.3. The summed E-state index contributed by atoms with van der Waals surface area (Å²) in [6, 6.07) is 7.59. The third kappa shape index (κ3) is 7.15. The van der Waals surface area contributed by atoms with Crippen LogP contribution in [0.2, 0.25) is 0 Å². The van der Waals surface area contributed by atoms with E-state index >= 15 is 0 Å². The van der Waals surface area contributed by atoms with Crippen LogP contribution in [-0.4, -0.2) is 68.5 Å². The first-order valence-electron chi connectivity index (χ1n) is 12.5. The number of aromatic nitrogens is 3. The number of fused-ring (bicyclic) bond motifs is 1. The van der Waals surface area contributed by atoms with Gasteiger partial charge in [0, 0.05) is 49.2 Å². The Kier molecular flexibility index (Phi) is 9.49. The summed E-state index contributed by atoms with van der Waals surface area (Å²) >= 11 is 1.69. The maximum atomic E-state index is 11.3. The Morgan fingerprint density at radius 3 is 2.86 bits per heavy atom. The van der Waals surface area contributed by atoms with E-state index in [1.807, 2.05) is 24.3 Å². The van der Waals surface area contributed by atoms with E-state index < -0.39 is 12.1 Å². The SMILES string of the molecule is COc1ccc2nccc(C(O)CC[C@@H]3CCN(CCSc4cnccn4)C[C@@H]3CCC(=O)O)c2c1. The van der Waals surface area contributed by atoms with E-state index in [4.69, 9.17) is 4.74 Å². The summed E-state index contributed by atoms with van der Waals surface area (Å²) in [5, 5.41) is 22.2. The van der Waals surface area contributed by atoms with Crippen molar-refractivity contribution < 1.29 is 19.7 Å². The summed E-state index contributed by atoms with van der Waals surface area (Å²) in [6.45, 7) is 2.82. The summed E-state index contributed by atoms with van der Waals surface area (Å²) < 4.78 is 5.37. The number of thioether (sulfide) groups is 1. The molecule has 0 aliphatic carbocycles. The van der Waals surface area contributed by atoms with E-state index in [1.165, 1.54) is 0 Å². The molecule has 2 N–H and O–H groups in total. The molecule has 1 aromatic carbocycles. The van der Waals surface area contributed by atoms with Crippen LogP contribution >= 0.6 is 11.8 Å². The van der Waals surface area contributed by atoms with E-state index in [0.29, 0.717) is 24.7 Å². The summed E-state index contributed by atoms with van der Waals surface area (Å²) in [5.74, 6) is 1.61. The molecule has 0 saturated carbocycles. The van der Waals surface area contributed by atoms with Gasteiger partial charge in [0.05, 0.1) is 24.9 Å². The van der Waals surface area contributed by atoms with Crippen LogP contribution in [0.1, 0.15) is 43.8 Å². The van der Waals surface area contributed by atoms with Gasteiger partial charge in [0.15, 0.2) is 0 Å². The molecule has 1 unspecified atom stereocenters. The molecule has 2 aromatic heterocycles. The zero-order valence-electron chi connectivity index (χ0n) is 20.6. The zero-order valence-corrected chi connectivity index (χ0v) is 21.4. The van der Waals surface area contributed by atoms with Crippen molar-refractivity contribution in [1.82, 2.24) is 19.9 Å². The van der Waals surface area contributed by atoms with Crippen LogP contribution in [0.25, 0.3) is 10.9 Å². The molecule has 4 rings (SSSR count). The van der Waals surface area contributed by atoms with Gasteiger partial charge in [-0.05, 0) is 73.9 Å². The van der Waals surface area contributed by atoms with E-state index in [1.54, 1.807) is 43.7 Å². The summed E-state index contributed by atoms with van der Waals surface area (Å²) in [6.07, 6.45) is 9.64. The molecular weight excluding hydrogens is 476 g/mol. The van der Waals surface area contributed by atoms with Crippen molar-refractivity contribution in [2.75, 3.05) is 32.5 Å². The van der Waals surface area contributed by atoms with Crippen LogP contribution in [0.3, 0.4) is 0 Å². The highest BCUT2D eigenvalue weighted by atomic mass is 32.2. The van der Waals surface area contributed by atoms with Crippen molar-refractivity contribution in [2.45, 2.75) is 43.2 Å². The smallest absolute Gasteiger partial charge is 0.303 e. The first-order valence-corrected chi connectivity index (χ1v) is 13.5. The van der Waals surface area contributed by atoms with Gasteiger partial charge in [-0.15, -0.1) is 11.8 Å². The Morgan fingerprint density at radius 2 is 2.08 bits per heavy atom. The van der Waals surface area contributed by atoms with Gasteiger partial charge in [-0.1, -0.05) is 0 Å². The van der Waals surface area contributed by atoms with Crippen LogP contribution in [0, 0.1) is 11.8 Å². The Balaban J connectivity index is 1.35. The molecule has 1 fully saturated rings. The second-order valence-electron chi connectivity index (χ2n) is 9.31. The maximum Gasteiger partial charge on any atom is 0.303 e. The lowest BCUT2D eigenvalue weighted by molar-refractivity contribution is -0.137. The number of aliphatic hydroxyl groups excluding tert-OH is 1. The maximum absolute atomic E-state index is 11.3. The molecule has 3 aromatic rings. The number of methoxy groups -OCH3 is 1. The molecule has 1 saturated heterocycles. The number of carboxylic acids is 1. The number of piperidine rings is 1. The standard InChI is InChI=1S/C27H34N4O4S/c1-35-21-4-5-24-23(16-21)22(8-10-29-24)25(32)6-2-19-9-13-31(18-20(19)3-7-27(33)34)14-15-36-26-17-28-11-12-30-26/h4-5,8,10-12,16-17,19-20,25,32H,2-3,6-7,9,13-15,18H2,1H3,(H,33,34)/t19-,20+,25?/m1/s1. The van der Waals surface area contributed by atoms with Crippen molar-refractivity contribution >= 4 is 28.6 Å². The van der Waals surface area contributed by atoms with Crippen LogP contribution in [0.4, 0.5) is 0 Å². The Morgan fingerprint density at radius 1 is 1.19 bits per heavy atom. The van der Waals surface area contributed by atoms with Gasteiger partial charge in [-0.25, -0.2) is 4.98 Å². The molecule has 192 valence electrons. The minimum Gasteiger partial charge on any atom is -0.497 e. The van der Waals surface area contributed by atoms with Crippen LogP contribution in [0.15, 0.2) is 54.1 Å². The van der Waals surface area contributed by atoms with Crippen molar-refractivity contribution in [3.05, 3.63) is 54.6 Å². The van der Waals surface area contributed by atoms with Gasteiger partial charge < -0.3 is 19.8 Å². The Labute approximate surface area is 216 Å². The number of carboxylic acid groups (broad SMARTS) is 1. The molecule has 0 amide bonds. The number of hydrogen-bond donors (Lipinski definition) is 2. The van der Waals surface area contributed by atoms with E-state index in [9.17, 15) is 15.0 Å². The largest absolute Gasteiger partial charge is 0.497 e. The van der Waals surface area contributed by atoms with Crippen LogP contribution in [-0.2, 0) is 4.79 Å². The fraction of sp³-hybridized carbons (Fsp3) is 0.481. The molecule has 0 bridgehead atoms. The van der Waals surface area contributed by atoms with E-state index in [2.05, 4.69) is 19.9 Å². The van der Waals surface area contributed by atoms with Crippen molar-refractivity contribution in [3.63, 3.8) is 0 Å². The predicted molar refractivity (Wildman–Crippen MR) is 140 cm³/mol. The monoisotopic (exact) mass is 510 g/mol. The average Bonchev–Trinajstić information content (AvgIpc) is 2.91. The van der Waals surface area contributed by atoms with Gasteiger partial charge in [0.2, 0.25) is 0 Å². The number of carbonyl (C=O) groups is 1. The number of likely N-dealkylation sites (tertiary alicyclic amines) is 1. The number of rotatable bonds is 12. The van der Waals surface area contributed by atoms with Crippen LogP contribution < -0.4 is 4.74 Å². The molecule has 3 heterocycles. The topological polar surface area (TPSA) is 109 Å². The Bertz CT molecular complexity index is 1130. The molecule has 9 heteroatoms. The molecule has 3 atom stereocenters. The highest BCUT2D eigenvalue weighted by Gasteiger charge is 2.30. The first kappa shape index (κ1) is 26.3. The predicted octanol–water partition coefficient (Wildman–Crippen LogP) is 4.44. The van der Waals surface area contributed by atoms with Gasteiger partial charge >= 0.3 is 5.97 Å². The fourth-order valence-corrected chi connectivity index (χ4v) is 5.94. The summed E-state index contributed by atoms with van der Waals surface area (Å²) in [7, 11) is 1.63. The average molecular weight is 511 g/mol. The fourth-order valence-electron chi connectivity index (χ4n) is 5.11.